The number of nitrogens with zero attached hydrogens (tertiary/aromatic N) is 1. The molecule has 5 heteroatoms. The summed E-state index contributed by atoms with van der Waals surface area (Å²) >= 11 is 5.48. The largest absolute Gasteiger partial charge is 0.497 e. The van der Waals surface area contributed by atoms with E-state index in [0.717, 1.165) is 28.2 Å². The summed E-state index contributed by atoms with van der Waals surface area (Å²) in [6.45, 7) is 2.06. The number of aromatic nitrogens is 2. The Morgan fingerprint density at radius 1 is 1.05 bits per heavy atom. The first kappa shape index (κ1) is 13.7. The second-order valence-corrected chi connectivity index (χ2v) is 5.21. The van der Waals surface area contributed by atoms with Gasteiger partial charge in [-0.2, -0.15) is 0 Å². The summed E-state index contributed by atoms with van der Waals surface area (Å²) in [5.41, 5.74) is 4.06. The zero-order chi connectivity index (χ0) is 15.0. The molecule has 0 atom stereocenters. The maximum atomic E-state index is 5.48. The van der Waals surface area contributed by atoms with Crippen LogP contribution in [0.2, 0.25) is 0 Å². The molecule has 1 N–H and O–H groups in total. The van der Waals surface area contributed by atoms with Gasteiger partial charge in [0.05, 0.1) is 30.9 Å². The van der Waals surface area contributed by atoms with Crippen molar-refractivity contribution in [3.05, 3.63) is 46.7 Å². The van der Waals surface area contributed by atoms with Crippen LogP contribution in [-0.4, -0.2) is 23.8 Å². The van der Waals surface area contributed by atoms with E-state index in [1.54, 1.807) is 14.2 Å². The van der Waals surface area contributed by atoms with Crippen LogP contribution < -0.4 is 9.47 Å². The first-order chi connectivity index (χ1) is 10.1. The molecule has 0 bridgehead atoms. The number of aromatic amines is 1. The third-order valence-corrected chi connectivity index (χ3v) is 3.75. The van der Waals surface area contributed by atoms with Gasteiger partial charge in [-0.3, -0.25) is 4.57 Å². The highest BCUT2D eigenvalue weighted by Gasteiger charge is 2.12. The van der Waals surface area contributed by atoms with Crippen molar-refractivity contribution in [1.29, 1.82) is 0 Å². The van der Waals surface area contributed by atoms with Crippen LogP contribution in [0.15, 0.2) is 36.4 Å². The highest BCUT2D eigenvalue weighted by molar-refractivity contribution is 7.71. The number of H-pyrrole nitrogens is 1. The molecule has 2 aromatic carbocycles. The molecular formula is C16H16N2O2S. The summed E-state index contributed by atoms with van der Waals surface area (Å²) in [6, 6.07) is 11.9. The minimum atomic E-state index is 0.627. The number of aryl methyl sites for hydroxylation is 1. The van der Waals surface area contributed by atoms with E-state index in [0.29, 0.717) is 4.77 Å². The maximum Gasteiger partial charge on any atom is 0.182 e. The minimum absolute atomic E-state index is 0.627. The van der Waals surface area contributed by atoms with Crippen LogP contribution >= 0.6 is 12.2 Å². The van der Waals surface area contributed by atoms with Crippen molar-refractivity contribution in [2.45, 2.75) is 6.92 Å². The fraction of sp³-hybridized carbons (Fsp3) is 0.188. The molecule has 0 aliphatic carbocycles. The van der Waals surface area contributed by atoms with Crippen molar-refractivity contribution in [2.75, 3.05) is 14.2 Å². The van der Waals surface area contributed by atoms with E-state index in [1.807, 2.05) is 22.8 Å². The fourth-order valence-electron chi connectivity index (χ4n) is 2.44. The van der Waals surface area contributed by atoms with Gasteiger partial charge in [-0.25, -0.2) is 0 Å². The Balaban J connectivity index is 2.34. The van der Waals surface area contributed by atoms with Gasteiger partial charge >= 0.3 is 0 Å². The van der Waals surface area contributed by atoms with E-state index in [9.17, 15) is 0 Å². The zero-order valence-corrected chi connectivity index (χ0v) is 13.0. The van der Waals surface area contributed by atoms with Crippen molar-refractivity contribution in [3.8, 4) is 17.2 Å². The SMILES string of the molecule is COc1ccc(OC)c(-n2c(=S)[nH]c3cc(C)ccc32)c1. The van der Waals surface area contributed by atoms with Gasteiger partial charge in [-0.1, -0.05) is 6.07 Å². The zero-order valence-electron chi connectivity index (χ0n) is 12.1. The average molecular weight is 300 g/mol. The Morgan fingerprint density at radius 2 is 1.86 bits per heavy atom. The molecule has 0 saturated carbocycles. The topological polar surface area (TPSA) is 39.2 Å². The van der Waals surface area contributed by atoms with Crippen LogP contribution in [0, 0.1) is 11.7 Å². The normalized spacial score (nSPS) is 10.8. The summed E-state index contributed by atoms with van der Waals surface area (Å²) in [4.78, 5) is 3.24. The molecule has 108 valence electrons. The van der Waals surface area contributed by atoms with Crippen LogP contribution in [0.5, 0.6) is 11.5 Å². The third-order valence-electron chi connectivity index (χ3n) is 3.46. The molecule has 0 spiro atoms. The predicted molar refractivity (Wildman–Crippen MR) is 86.3 cm³/mol. The van der Waals surface area contributed by atoms with E-state index in [-0.39, 0.29) is 0 Å². The Labute approximate surface area is 127 Å². The molecule has 0 amide bonds. The van der Waals surface area contributed by atoms with E-state index in [1.165, 1.54) is 5.56 Å². The van der Waals surface area contributed by atoms with Crippen molar-refractivity contribution >= 4 is 23.3 Å². The first-order valence-electron chi connectivity index (χ1n) is 6.58. The summed E-state index contributed by atoms with van der Waals surface area (Å²) in [5.74, 6) is 1.50. The lowest BCUT2D eigenvalue weighted by molar-refractivity contribution is 0.401. The van der Waals surface area contributed by atoms with Crippen LogP contribution in [0.3, 0.4) is 0 Å². The number of rotatable bonds is 3. The number of nitrogens with one attached hydrogen (secondary N) is 1. The Hall–Kier alpha value is -2.27. The second-order valence-electron chi connectivity index (χ2n) is 4.82. The molecule has 21 heavy (non-hydrogen) atoms. The molecule has 1 aromatic heterocycles. The highest BCUT2D eigenvalue weighted by Crippen LogP contribution is 2.30. The molecule has 0 unspecified atom stereocenters. The lowest BCUT2D eigenvalue weighted by atomic mass is 10.2. The number of hydrogen-bond donors (Lipinski definition) is 1. The van der Waals surface area contributed by atoms with Gasteiger partial charge in [-0.05, 0) is 49.0 Å². The average Bonchev–Trinajstić information content (AvgIpc) is 2.81. The molecule has 3 aromatic rings. The van der Waals surface area contributed by atoms with Crippen molar-refractivity contribution in [1.82, 2.24) is 9.55 Å². The van der Waals surface area contributed by atoms with Crippen LogP contribution in [0.4, 0.5) is 0 Å². The van der Waals surface area contributed by atoms with Gasteiger partial charge in [-0.15, -0.1) is 0 Å². The van der Waals surface area contributed by atoms with Gasteiger partial charge in [0.2, 0.25) is 0 Å². The minimum Gasteiger partial charge on any atom is -0.497 e. The molecule has 0 aliphatic heterocycles. The quantitative estimate of drug-likeness (QED) is 0.743. The summed E-state index contributed by atoms with van der Waals surface area (Å²) < 4.78 is 13.4. The monoisotopic (exact) mass is 300 g/mol. The van der Waals surface area contributed by atoms with Crippen molar-refractivity contribution in [2.24, 2.45) is 0 Å². The van der Waals surface area contributed by atoms with Crippen LogP contribution in [0.25, 0.3) is 16.7 Å². The molecule has 0 saturated heterocycles. The number of ether oxygens (including phenoxy) is 2. The van der Waals surface area contributed by atoms with Gasteiger partial charge in [0, 0.05) is 6.07 Å². The van der Waals surface area contributed by atoms with E-state index >= 15 is 0 Å². The molecule has 0 aliphatic rings. The maximum absolute atomic E-state index is 5.48. The number of methoxy groups -OCH3 is 2. The molecule has 4 nitrogen and oxygen atoms in total. The predicted octanol–water partition coefficient (Wildman–Crippen LogP) is 4.01. The number of imidazole rings is 1. The highest BCUT2D eigenvalue weighted by atomic mass is 32.1. The summed E-state index contributed by atoms with van der Waals surface area (Å²) in [6.07, 6.45) is 0. The number of benzene rings is 2. The molecule has 0 fully saturated rings. The summed E-state index contributed by atoms with van der Waals surface area (Å²) in [7, 11) is 3.29. The van der Waals surface area contributed by atoms with E-state index in [2.05, 4.69) is 30.1 Å². The Bertz CT molecular complexity index is 864. The number of fused-ring (bicyclic) bond motifs is 1. The molecule has 1 heterocycles. The second kappa shape index (κ2) is 5.26. The van der Waals surface area contributed by atoms with Crippen LogP contribution in [-0.2, 0) is 0 Å². The standard InChI is InChI=1S/C16H16N2O2S/c1-10-4-6-13-12(8-10)17-16(21)18(13)14-9-11(19-2)5-7-15(14)20-3/h4-9H,1-3H3,(H,17,21). The van der Waals surface area contributed by atoms with Gasteiger partial charge in [0.1, 0.15) is 11.5 Å². The third kappa shape index (κ3) is 2.29. The molecule has 0 radical (unpaired) electrons. The smallest absolute Gasteiger partial charge is 0.182 e. The lowest BCUT2D eigenvalue weighted by Crippen LogP contribution is -1.99. The Morgan fingerprint density at radius 3 is 2.57 bits per heavy atom. The number of hydrogen-bond acceptors (Lipinski definition) is 3. The molecule has 3 rings (SSSR count). The Kier molecular flexibility index (Phi) is 3.43. The van der Waals surface area contributed by atoms with Gasteiger partial charge in [0.25, 0.3) is 0 Å². The summed E-state index contributed by atoms with van der Waals surface area (Å²) in [5, 5.41) is 0. The first-order valence-corrected chi connectivity index (χ1v) is 6.98. The van der Waals surface area contributed by atoms with Gasteiger partial charge in [0.15, 0.2) is 4.77 Å². The van der Waals surface area contributed by atoms with E-state index < -0.39 is 0 Å². The van der Waals surface area contributed by atoms with Crippen molar-refractivity contribution in [3.63, 3.8) is 0 Å². The van der Waals surface area contributed by atoms with Crippen LogP contribution in [0.1, 0.15) is 5.56 Å². The molecular weight excluding hydrogens is 284 g/mol. The van der Waals surface area contributed by atoms with Gasteiger partial charge < -0.3 is 14.5 Å². The van der Waals surface area contributed by atoms with E-state index in [4.69, 9.17) is 21.7 Å². The lowest BCUT2D eigenvalue weighted by Gasteiger charge is -2.12. The van der Waals surface area contributed by atoms with Crippen molar-refractivity contribution < 1.29 is 9.47 Å². The fourth-order valence-corrected chi connectivity index (χ4v) is 2.74.